The number of aryl methyl sites for hydroxylation is 1. The molecule has 5 heteroatoms. The molecule has 1 aromatic heterocycles. The number of rotatable bonds is 6. The van der Waals surface area contributed by atoms with Gasteiger partial charge in [-0.2, -0.15) is 4.68 Å². The SMILES string of the molecule is CCCc1nnnn1-c1cccc(OCC(C)C)c1. The molecular formula is C14H20N4O. The van der Waals surface area contributed by atoms with Gasteiger partial charge in [-0.05, 0) is 34.9 Å². The van der Waals surface area contributed by atoms with E-state index in [9.17, 15) is 0 Å². The monoisotopic (exact) mass is 260 g/mol. The Bertz CT molecular complexity index is 522. The molecule has 5 nitrogen and oxygen atoms in total. The van der Waals surface area contributed by atoms with Crippen LogP contribution in [0.3, 0.4) is 0 Å². The fourth-order valence-corrected chi connectivity index (χ4v) is 1.75. The first-order valence-electron chi connectivity index (χ1n) is 6.71. The van der Waals surface area contributed by atoms with Gasteiger partial charge in [-0.3, -0.25) is 0 Å². The van der Waals surface area contributed by atoms with Gasteiger partial charge in [0.05, 0.1) is 12.3 Å². The smallest absolute Gasteiger partial charge is 0.156 e. The van der Waals surface area contributed by atoms with Crippen LogP contribution >= 0.6 is 0 Å². The first kappa shape index (κ1) is 13.5. The fourth-order valence-electron chi connectivity index (χ4n) is 1.75. The van der Waals surface area contributed by atoms with E-state index in [0.29, 0.717) is 12.5 Å². The summed E-state index contributed by atoms with van der Waals surface area (Å²) in [5, 5.41) is 11.8. The van der Waals surface area contributed by atoms with Crippen molar-refractivity contribution in [2.75, 3.05) is 6.61 Å². The number of hydrogen-bond acceptors (Lipinski definition) is 4. The molecule has 0 aliphatic carbocycles. The highest BCUT2D eigenvalue weighted by Gasteiger charge is 2.08. The van der Waals surface area contributed by atoms with Gasteiger partial charge in [-0.1, -0.05) is 26.8 Å². The Balaban J connectivity index is 2.20. The van der Waals surface area contributed by atoms with E-state index in [1.165, 1.54) is 0 Å². The predicted octanol–water partition coefficient (Wildman–Crippen LogP) is 2.65. The Morgan fingerprint density at radius 1 is 1.32 bits per heavy atom. The van der Waals surface area contributed by atoms with Crippen LogP contribution in [-0.4, -0.2) is 26.8 Å². The van der Waals surface area contributed by atoms with Gasteiger partial charge in [0, 0.05) is 12.5 Å². The second-order valence-electron chi connectivity index (χ2n) is 4.96. The van der Waals surface area contributed by atoms with Gasteiger partial charge in [-0.15, -0.1) is 5.10 Å². The maximum Gasteiger partial charge on any atom is 0.156 e. The van der Waals surface area contributed by atoms with Crippen molar-refractivity contribution in [3.63, 3.8) is 0 Å². The first-order chi connectivity index (χ1) is 9.20. The number of tetrazole rings is 1. The van der Waals surface area contributed by atoms with Gasteiger partial charge in [0.2, 0.25) is 0 Å². The normalized spacial score (nSPS) is 10.9. The molecule has 0 N–H and O–H groups in total. The van der Waals surface area contributed by atoms with Crippen LogP contribution in [0, 0.1) is 5.92 Å². The molecule has 0 amide bonds. The van der Waals surface area contributed by atoms with Crippen molar-refractivity contribution in [3.05, 3.63) is 30.1 Å². The molecule has 0 aliphatic heterocycles. The molecule has 102 valence electrons. The van der Waals surface area contributed by atoms with Gasteiger partial charge >= 0.3 is 0 Å². The molecule has 2 rings (SSSR count). The maximum absolute atomic E-state index is 5.72. The number of nitrogens with zero attached hydrogens (tertiary/aromatic N) is 4. The van der Waals surface area contributed by atoms with Crippen LogP contribution in [0.4, 0.5) is 0 Å². The average Bonchev–Trinajstić information content (AvgIpc) is 2.85. The third kappa shape index (κ3) is 3.53. The summed E-state index contributed by atoms with van der Waals surface area (Å²) < 4.78 is 7.49. The summed E-state index contributed by atoms with van der Waals surface area (Å²) in [4.78, 5) is 0. The largest absolute Gasteiger partial charge is 0.493 e. The van der Waals surface area contributed by atoms with Crippen molar-refractivity contribution in [1.29, 1.82) is 0 Å². The van der Waals surface area contributed by atoms with Crippen LogP contribution < -0.4 is 4.74 Å². The summed E-state index contributed by atoms with van der Waals surface area (Å²) >= 11 is 0. The van der Waals surface area contributed by atoms with Gasteiger partial charge in [-0.25, -0.2) is 0 Å². The van der Waals surface area contributed by atoms with E-state index in [1.54, 1.807) is 4.68 Å². The van der Waals surface area contributed by atoms with E-state index >= 15 is 0 Å². The fraction of sp³-hybridized carbons (Fsp3) is 0.500. The Labute approximate surface area is 113 Å². The predicted molar refractivity (Wildman–Crippen MR) is 73.5 cm³/mol. The standard InChI is InChI=1S/C14H20N4O/c1-4-6-14-15-16-17-18(14)12-7-5-8-13(9-12)19-10-11(2)3/h5,7-9,11H,4,6,10H2,1-3H3. The molecule has 19 heavy (non-hydrogen) atoms. The number of ether oxygens (including phenoxy) is 1. The number of hydrogen-bond donors (Lipinski definition) is 0. The highest BCUT2D eigenvalue weighted by molar-refractivity contribution is 5.38. The molecule has 0 spiro atoms. The first-order valence-corrected chi connectivity index (χ1v) is 6.71. The highest BCUT2D eigenvalue weighted by atomic mass is 16.5. The van der Waals surface area contributed by atoms with Crippen molar-refractivity contribution in [3.8, 4) is 11.4 Å². The highest BCUT2D eigenvalue weighted by Crippen LogP contribution is 2.18. The number of benzene rings is 1. The molecule has 0 bridgehead atoms. The minimum absolute atomic E-state index is 0.507. The van der Waals surface area contributed by atoms with Crippen LogP contribution in [0.2, 0.25) is 0 Å². The Hall–Kier alpha value is -1.91. The summed E-state index contributed by atoms with van der Waals surface area (Å²) in [5.74, 6) is 2.24. The summed E-state index contributed by atoms with van der Waals surface area (Å²) in [7, 11) is 0. The lowest BCUT2D eigenvalue weighted by Crippen LogP contribution is -2.06. The molecule has 1 aromatic carbocycles. The molecule has 1 heterocycles. The van der Waals surface area contributed by atoms with E-state index in [-0.39, 0.29) is 0 Å². The van der Waals surface area contributed by atoms with Crippen LogP contribution in [0.1, 0.15) is 33.0 Å². The topological polar surface area (TPSA) is 52.8 Å². The Kier molecular flexibility index (Phi) is 4.49. The maximum atomic E-state index is 5.72. The molecule has 0 saturated heterocycles. The third-order valence-corrected chi connectivity index (χ3v) is 2.65. The van der Waals surface area contributed by atoms with Crippen LogP contribution in [-0.2, 0) is 6.42 Å². The minimum atomic E-state index is 0.507. The number of aromatic nitrogens is 4. The van der Waals surface area contributed by atoms with E-state index in [4.69, 9.17) is 4.74 Å². The lowest BCUT2D eigenvalue weighted by atomic mass is 10.2. The molecule has 0 aliphatic rings. The lowest BCUT2D eigenvalue weighted by molar-refractivity contribution is 0.271. The zero-order valence-electron chi connectivity index (χ0n) is 11.7. The van der Waals surface area contributed by atoms with E-state index in [1.807, 2.05) is 24.3 Å². The summed E-state index contributed by atoms with van der Waals surface area (Å²) in [5.41, 5.74) is 0.940. The molecular weight excluding hydrogens is 240 g/mol. The molecule has 0 radical (unpaired) electrons. The van der Waals surface area contributed by atoms with E-state index in [2.05, 4.69) is 36.3 Å². The van der Waals surface area contributed by atoms with Gasteiger partial charge < -0.3 is 4.74 Å². The quantitative estimate of drug-likeness (QED) is 0.801. The van der Waals surface area contributed by atoms with E-state index in [0.717, 1.165) is 30.1 Å². The zero-order chi connectivity index (χ0) is 13.7. The molecule has 0 unspecified atom stereocenters. The van der Waals surface area contributed by atoms with E-state index < -0.39 is 0 Å². The Morgan fingerprint density at radius 3 is 2.89 bits per heavy atom. The second kappa shape index (κ2) is 6.31. The zero-order valence-corrected chi connectivity index (χ0v) is 11.7. The van der Waals surface area contributed by atoms with Crippen molar-refractivity contribution >= 4 is 0 Å². The minimum Gasteiger partial charge on any atom is -0.493 e. The van der Waals surface area contributed by atoms with Gasteiger partial charge in [0.15, 0.2) is 5.82 Å². The molecule has 2 aromatic rings. The van der Waals surface area contributed by atoms with Crippen LogP contribution in [0.15, 0.2) is 24.3 Å². The molecule has 0 fully saturated rings. The summed E-state index contributed by atoms with van der Waals surface area (Å²) in [6, 6.07) is 7.87. The van der Waals surface area contributed by atoms with Crippen LogP contribution in [0.25, 0.3) is 5.69 Å². The third-order valence-electron chi connectivity index (χ3n) is 2.65. The lowest BCUT2D eigenvalue weighted by Gasteiger charge is -2.10. The van der Waals surface area contributed by atoms with Crippen molar-refractivity contribution < 1.29 is 4.74 Å². The second-order valence-corrected chi connectivity index (χ2v) is 4.96. The van der Waals surface area contributed by atoms with Crippen LogP contribution in [0.5, 0.6) is 5.75 Å². The molecule has 0 atom stereocenters. The molecule has 0 saturated carbocycles. The summed E-state index contributed by atoms with van der Waals surface area (Å²) in [6.45, 7) is 7.08. The van der Waals surface area contributed by atoms with Crippen molar-refractivity contribution in [2.45, 2.75) is 33.6 Å². The summed E-state index contributed by atoms with van der Waals surface area (Å²) in [6.07, 6.45) is 1.88. The Morgan fingerprint density at radius 2 is 2.16 bits per heavy atom. The van der Waals surface area contributed by atoms with Gasteiger partial charge in [0.25, 0.3) is 0 Å². The van der Waals surface area contributed by atoms with Crippen molar-refractivity contribution in [2.24, 2.45) is 5.92 Å². The van der Waals surface area contributed by atoms with Crippen molar-refractivity contribution in [1.82, 2.24) is 20.2 Å². The average molecular weight is 260 g/mol. The van der Waals surface area contributed by atoms with Gasteiger partial charge in [0.1, 0.15) is 5.75 Å².